The van der Waals surface area contributed by atoms with Crippen LogP contribution in [0.2, 0.25) is 5.02 Å². The third-order valence-electron chi connectivity index (χ3n) is 3.81. The number of hydrogen-bond acceptors (Lipinski definition) is 2. The molecule has 0 spiro atoms. The van der Waals surface area contributed by atoms with Gasteiger partial charge in [0.2, 0.25) is 5.91 Å². The van der Waals surface area contributed by atoms with Crippen LogP contribution in [0, 0.1) is 12.7 Å². The third-order valence-corrected chi connectivity index (χ3v) is 5.03. The SMILES string of the molecule is CC[C@H](NC(=O)CSCc1ccc(Cl)cc1F)c1ccccc1C. The molecular formula is C19H21ClFNOS. The second kappa shape index (κ2) is 9.09. The summed E-state index contributed by atoms with van der Waals surface area (Å²) in [4.78, 5) is 12.2. The van der Waals surface area contributed by atoms with E-state index in [1.807, 2.05) is 38.1 Å². The molecule has 1 N–H and O–H groups in total. The largest absolute Gasteiger partial charge is 0.349 e. The summed E-state index contributed by atoms with van der Waals surface area (Å²) in [5, 5.41) is 3.44. The van der Waals surface area contributed by atoms with E-state index in [9.17, 15) is 9.18 Å². The van der Waals surface area contributed by atoms with Gasteiger partial charge in [0.1, 0.15) is 5.82 Å². The maximum Gasteiger partial charge on any atom is 0.230 e. The fourth-order valence-corrected chi connectivity index (χ4v) is 3.49. The minimum atomic E-state index is -0.332. The molecule has 2 aromatic carbocycles. The molecule has 0 aromatic heterocycles. The summed E-state index contributed by atoms with van der Waals surface area (Å²) < 4.78 is 13.7. The minimum absolute atomic E-state index is 0.00608. The quantitative estimate of drug-likeness (QED) is 0.722. The summed E-state index contributed by atoms with van der Waals surface area (Å²) >= 11 is 7.13. The molecule has 0 saturated carbocycles. The molecule has 0 heterocycles. The number of carbonyl (C=O) groups is 1. The number of benzene rings is 2. The van der Waals surface area contributed by atoms with Gasteiger partial charge in [0.15, 0.2) is 0 Å². The van der Waals surface area contributed by atoms with Crippen molar-refractivity contribution in [2.45, 2.75) is 32.1 Å². The molecule has 1 amide bonds. The van der Waals surface area contributed by atoms with Crippen LogP contribution >= 0.6 is 23.4 Å². The van der Waals surface area contributed by atoms with Crippen molar-refractivity contribution < 1.29 is 9.18 Å². The Labute approximate surface area is 151 Å². The van der Waals surface area contributed by atoms with Crippen LogP contribution in [0.1, 0.15) is 36.1 Å². The molecule has 0 aliphatic rings. The van der Waals surface area contributed by atoms with Gasteiger partial charge in [-0.05, 0) is 42.2 Å². The first kappa shape index (κ1) is 18.8. The van der Waals surface area contributed by atoms with E-state index >= 15 is 0 Å². The second-order valence-corrected chi connectivity index (χ2v) is 7.04. The van der Waals surface area contributed by atoms with Gasteiger partial charge in [0, 0.05) is 10.8 Å². The summed E-state index contributed by atoms with van der Waals surface area (Å²) in [6, 6.07) is 12.7. The van der Waals surface area contributed by atoms with E-state index in [0.29, 0.717) is 22.1 Å². The van der Waals surface area contributed by atoms with E-state index < -0.39 is 0 Å². The monoisotopic (exact) mass is 365 g/mol. The zero-order valence-corrected chi connectivity index (χ0v) is 15.4. The lowest BCUT2D eigenvalue weighted by Crippen LogP contribution is -2.30. The van der Waals surface area contributed by atoms with Crippen molar-refractivity contribution in [1.29, 1.82) is 0 Å². The van der Waals surface area contributed by atoms with Crippen molar-refractivity contribution in [2.75, 3.05) is 5.75 Å². The van der Waals surface area contributed by atoms with Gasteiger partial charge in [-0.1, -0.05) is 48.9 Å². The number of thioether (sulfide) groups is 1. The Morgan fingerprint density at radius 2 is 2.04 bits per heavy atom. The molecule has 5 heteroatoms. The fourth-order valence-electron chi connectivity index (χ4n) is 2.51. The summed E-state index contributed by atoms with van der Waals surface area (Å²) in [6.07, 6.45) is 0.826. The molecule has 0 radical (unpaired) electrons. The topological polar surface area (TPSA) is 29.1 Å². The fraction of sp³-hybridized carbons (Fsp3) is 0.316. The van der Waals surface area contributed by atoms with E-state index in [0.717, 1.165) is 12.0 Å². The number of nitrogens with one attached hydrogen (secondary N) is 1. The standard InChI is InChI=1S/C19H21ClFNOS/c1-3-18(16-7-5-4-6-13(16)2)22-19(23)12-24-11-14-8-9-15(20)10-17(14)21/h4-10,18H,3,11-12H2,1-2H3,(H,22,23)/t18-/m0/s1. The third kappa shape index (κ3) is 5.25. The lowest BCUT2D eigenvalue weighted by atomic mass is 9.99. The number of amides is 1. The Bertz CT molecular complexity index is 708. The highest BCUT2D eigenvalue weighted by molar-refractivity contribution is 7.99. The van der Waals surface area contributed by atoms with Gasteiger partial charge >= 0.3 is 0 Å². The van der Waals surface area contributed by atoms with Gasteiger partial charge in [-0.3, -0.25) is 4.79 Å². The van der Waals surface area contributed by atoms with Crippen LogP contribution in [0.15, 0.2) is 42.5 Å². The molecule has 0 aliphatic heterocycles. The molecule has 0 unspecified atom stereocenters. The number of aryl methyl sites for hydroxylation is 1. The maximum absolute atomic E-state index is 13.7. The van der Waals surface area contributed by atoms with E-state index in [-0.39, 0.29) is 17.8 Å². The van der Waals surface area contributed by atoms with Crippen molar-refractivity contribution in [2.24, 2.45) is 0 Å². The number of carbonyl (C=O) groups excluding carboxylic acids is 1. The van der Waals surface area contributed by atoms with Gasteiger partial charge < -0.3 is 5.32 Å². The van der Waals surface area contributed by atoms with Gasteiger partial charge in [-0.25, -0.2) is 4.39 Å². The Hall–Kier alpha value is -1.52. The normalized spacial score (nSPS) is 12.0. The lowest BCUT2D eigenvalue weighted by Gasteiger charge is -2.19. The molecule has 0 bridgehead atoms. The predicted octanol–water partition coefficient (Wildman–Crippen LogP) is 5.29. The van der Waals surface area contributed by atoms with Crippen LogP contribution in [0.5, 0.6) is 0 Å². The van der Waals surface area contributed by atoms with E-state index in [4.69, 9.17) is 11.6 Å². The Morgan fingerprint density at radius 1 is 1.29 bits per heavy atom. The smallest absolute Gasteiger partial charge is 0.230 e. The van der Waals surface area contributed by atoms with Gasteiger partial charge in [-0.15, -0.1) is 11.8 Å². The number of hydrogen-bond donors (Lipinski definition) is 1. The number of halogens is 2. The maximum atomic E-state index is 13.7. The van der Waals surface area contributed by atoms with Crippen LogP contribution in [0.25, 0.3) is 0 Å². The number of rotatable bonds is 7. The molecule has 2 aromatic rings. The molecule has 0 fully saturated rings. The Kier molecular flexibility index (Phi) is 7.13. The molecular weight excluding hydrogens is 345 g/mol. The van der Waals surface area contributed by atoms with Crippen LogP contribution in [-0.2, 0) is 10.5 Å². The van der Waals surface area contributed by atoms with Gasteiger partial charge in [-0.2, -0.15) is 0 Å². The summed E-state index contributed by atoms with van der Waals surface area (Å²) in [5.41, 5.74) is 2.87. The highest BCUT2D eigenvalue weighted by Gasteiger charge is 2.14. The van der Waals surface area contributed by atoms with E-state index in [1.165, 1.54) is 23.4 Å². The van der Waals surface area contributed by atoms with Gasteiger partial charge in [0.05, 0.1) is 11.8 Å². The van der Waals surface area contributed by atoms with Crippen molar-refractivity contribution in [3.8, 4) is 0 Å². The molecule has 128 valence electrons. The van der Waals surface area contributed by atoms with Crippen LogP contribution in [0.4, 0.5) is 4.39 Å². The van der Waals surface area contributed by atoms with Crippen molar-refractivity contribution in [1.82, 2.24) is 5.32 Å². The molecule has 24 heavy (non-hydrogen) atoms. The van der Waals surface area contributed by atoms with Crippen molar-refractivity contribution in [3.05, 3.63) is 70.0 Å². The van der Waals surface area contributed by atoms with Gasteiger partial charge in [0.25, 0.3) is 0 Å². The molecule has 0 saturated heterocycles. The molecule has 2 nitrogen and oxygen atoms in total. The Balaban J connectivity index is 1.87. The Morgan fingerprint density at radius 3 is 2.71 bits per heavy atom. The zero-order chi connectivity index (χ0) is 17.5. The van der Waals surface area contributed by atoms with Crippen LogP contribution in [-0.4, -0.2) is 11.7 Å². The predicted molar refractivity (Wildman–Crippen MR) is 99.9 cm³/mol. The first-order valence-corrected chi connectivity index (χ1v) is 9.41. The van der Waals surface area contributed by atoms with E-state index in [1.54, 1.807) is 12.1 Å². The zero-order valence-electron chi connectivity index (χ0n) is 13.8. The summed E-state index contributed by atoms with van der Waals surface area (Å²) in [7, 11) is 0. The average Bonchev–Trinajstić information content (AvgIpc) is 2.55. The summed E-state index contributed by atoms with van der Waals surface area (Å²) in [6.45, 7) is 4.09. The van der Waals surface area contributed by atoms with E-state index in [2.05, 4.69) is 5.32 Å². The molecule has 1 atom stereocenters. The van der Waals surface area contributed by atoms with Crippen LogP contribution in [0.3, 0.4) is 0 Å². The minimum Gasteiger partial charge on any atom is -0.349 e. The first-order chi connectivity index (χ1) is 11.5. The molecule has 2 rings (SSSR count). The van der Waals surface area contributed by atoms with Crippen molar-refractivity contribution in [3.63, 3.8) is 0 Å². The lowest BCUT2D eigenvalue weighted by molar-refractivity contribution is -0.119. The second-order valence-electron chi connectivity index (χ2n) is 5.61. The molecule has 0 aliphatic carbocycles. The van der Waals surface area contributed by atoms with Crippen molar-refractivity contribution >= 4 is 29.3 Å². The van der Waals surface area contributed by atoms with Crippen LogP contribution < -0.4 is 5.32 Å². The summed E-state index contributed by atoms with van der Waals surface area (Å²) in [5.74, 6) is 0.369. The highest BCUT2D eigenvalue weighted by Crippen LogP contribution is 2.22. The average molecular weight is 366 g/mol. The highest BCUT2D eigenvalue weighted by atomic mass is 35.5. The first-order valence-electron chi connectivity index (χ1n) is 7.87.